The van der Waals surface area contributed by atoms with Crippen molar-refractivity contribution in [2.45, 2.75) is 19.4 Å². The molecule has 3 aromatic rings. The molecule has 92 valence electrons. The summed E-state index contributed by atoms with van der Waals surface area (Å²) < 4.78 is 2.02. The van der Waals surface area contributed by atoms with E-state index in [1.807, 2.05) is 42.7 Å². The lowest BCUT2D eigenvalue weighted by Gasteiger charge is -2.25. The van der Waals surface area contributed by atoms with Gasteiger partial charge in [0.1, 0.15) is 5.52 Å². The topological polar surface area (TPSA) is 50.9 Å². The highest BCUT2D eigenvalue weighted by atomic mass is 16.3. The molecule has 0 saturated heterocycles. The minimum absolute atomic E-state index is 0.0646. The molecule has 18 heavy (non-hydrogen) atoms. The first kappa shape index (κ1) is 11.2. The van der Waals surface area contributed by atoms with Crippen molar-refractivity contribution in [3.05, 3.63) is 36.8 Å². The van der Waals surface area contributed by atoms with Crippen molar-refractivity contribution < 1.29 is 5.11 Å². The second-order valence-electron chi connectivity index (χ2n) is 5.09. The van der Waals surface area contributed by atoms with E-state index in [-0.39, 0.29) is 12.1 Å². The van der Waals surface area contributed by atoms with Crippen LogP contribution in [0.3, 0.4) is 0 Å². The summed E-state index contributed by atoms with van der Waals surface area (Å²) in [6.07, 6.45) is 3.55. The molecule has 0 bridgehead atoms. The maximum absolute atomic E-state index is 9.53. The standard InChI is InChI=1S/C14H15N3O/c1-14(2,8-18)17-9-16-12-7-15-11-6-4-3-5-10(11)13(12)17/h3-7,9,18H,8H2,1-2H3. The molecule has 0 fully saturated rings. The molecule has 0 aliphatic carbocycles. The van der Waals surface area contributed by atoms with E-state index in [1.54, 1.807) is 12.5 Å². The second-order valence-corrected chi connectivity index (χ2v) is 5.09. The number of benzene rings is 1. The first-order valence-corrected chi connectivity index (χ1v) is 5.95. The van der Waals surface area contributed by atoms with Crippen LogP contribution >= 0.6 is 0 Å². The summed E-state index contributed by atoms with van der Waals surface area (Å²) in [4.78, 5) is 8.76. The average Bonchev–Trinajstić information content (AvgIpc) is 2.83. The maximum atomic E-state index is 9.53. The van der Waals surface area contributed by atoms with Crippen molar-refractivity contribution in [1.82, 2.24) is 14.5 Å². The number of fused-ring (bicyclic) bond motifs is 3. The normalized spacial score (nSPS) is 12.4. The Bertz CT molecular complexity index is 715. The minimum atomic E-state index is -0.376. The van der Waals surface area contributed by atoms with Crippen LogP contribution in [0.25, 0.3) is 21.9 Å². The Balaban J connectivity index is 2.44. The number of nitrogens with zero attached hydrogens (tertiary/aromatic N) is 3. The number of pyridine rings is 1. The second kappa shape index (κ2) is 3.78. The van der Waals surface area contributed by atoms with Crippen LogP contribution in [-0.4, -0.2) is 26.2 Å². The van der Waals surface area contributed by atoms with Crippen molar-refractivity contribution in [2.24, 2.45) is 0 Å². The van der Waals surface area contributed by atoms with Gasteiger partial charge in [0.25, 0.3) is 0 Å². The Kier molecular flexibility index (Phi) is 2.35. The minimum Gasteiger partial charge on any atom is -0.394 e. The van der Waals surface area contributed by atoms with Gasteiger partial charge in [0, 0.05) is 5.39 Å². The van der Waals surface area contributed by atoms with Crippen molar-refractivity contribution >= 4 is 21.9 Å². The summed E-state index contributed by atoms with van der Waals surface area (Å²) in [6, 6.07) is 7.99. The van der Waals surface area contributed by atoms with Crippen molar-refractivity contribution in [3.8, 4) is 0 Å². The van der Waals surface area contributed by atoms with Gasteiger partial charge in [-0.2, -0.15) is 0 Å². The molecule has 0 aliphatic heterocycles. The zero-order valence-corrected chi connectivity index (χ0v) is 10.5. The van der Waals surface area contributed by atoms with Crippen LogP contribution in [-0.2, 0) is 5.54 Å². The highest BCUT2D eigenvalue weighted by molar-refractivity contribution is 6.02. The third-order valence-corrected chi connectivity index (χ3v) is 3.32. The average molecular weight is 241 g/mol. The van der Waals surface area contributed by atoms with E-state index in [0.717, 1.165) is 21.9 Å². The number of aromatic nitrogens is 3. The molecule has 2 aromatic heterocycles. The summed E-state index contributed by atoms with van der Waals surface area (Å²) >= 11 is 0. The highest BCUT2D eigenvalue weighted by Crippen LogP contribution is 2.27. The highest BCUT2D eigenvalue weighted by Gasteiger charge is 2.22. The first-order chi connectivity index (χ1) is 8.63. The van der Waals surface area contributed by atoms with Crippen molar-refractivity contribution in [2.75, 3.05) is 6.61 Å². The molecule has 0 amide bonds. The smallest absolute Gasteiger partial charge is 0.107 e. The molecule has 4 heteroatoms. The van der Waals surface area contributed by atoms with Gasteiger partial charge < -0.3 is 9.67 Å². The Morgan fingerprint density at radius 2 is 1.94 bits per heavy atom. The molecule has 3 rings (SSSR count). The van der Waals surface area contributed by atoms with Gasteiger partial charge in [0.2, 0.25) is 0 Å². The van der Waals surface area contributed by atoms with E-state index in [2.05, 4.69) is 9.97 Å². The van der Waals surface area contributed by atoms with Crippen LogP contribution in [0.5, 0.6) is 0 Å². The van der Waals surface area contributed by atoms with E-state index in [1.165, 1.54) is 0 Å². The first-order valence-electron chi connectivity index (χ1n) is 5.95. The summed E-state index contributed by atoms with van der Waals surface area (Å²) in [5.41, 5.74) is 2.45. The molecule has 0 atom stereocenters. The van der Waals surface area contributed by atoms with E-state index in [4.69, 9.17) is 0 Å². The Morgan fingerprint density at radius 3 is 2.72 bits per heavy atom. The van der Waals surface area contributed by atoms with E-state index in [9.17, 15) is 5.11 Å². The van der Waals surface area contributed by atoms with Gasteiger partial charge >= 0.3 is 0 Å². The van der Waals surface area contributed by atoms with Gasteiger partial charge in [-0.25, -0.2) is 4.98 Å². The molecule has 0 aliphatic rings. The Hall–Kier alpha value is -1.94. The number of imidazole rings is 1. The van der Waals surface area contributed by atoms with Gasteiger partial charge in [-0.15, -0.1) is 0 Å². The number of aliphatic hydroxyl groups excluding tert-OH is 1. The molecule has 0 spiro atoms. The largest absolute Gasteiger partial charge is 0.394 e. The summed E-state index contributed by atoms with van der Waals surface area (Å²) in [7, 11) is 0. The molecule has 1 N–H and O–H groups in total. The Morgan fingerprint density at radius 1 is 1.17 bits per heavy atom. The molecule has 2 heterocycles. The van der Waals surface area contributed by atoms with Crippen molar-refractivity contribution in [1.29, 1.82) is 0 Å². The van der Waals surface area contributed by atoms with Crippen LogP contribution in [0.1, 0.15) is 13.8 Å². The van der Waals surface area contributed by atoms with Gasteiger partial charge in [0.05, 0.1) is 35.7 Å². The Labute approximate surface area is 105 Å². The monoisotopic (exact) mass is 241 g/mol. The molecular formula is C14H15N3O. The SMILES string of the molecule is CC(C)(CO)n1cnc2cnc3ccccc3c21. The third kappa shape index (κ3) is 1.49. The fourth-order valence-corrected chi connectivity index (χ4v) is 2.18. The number of hydrogen-bond acceptors (Lipinski definition) is 3. The van der Waals surface area contributed by atoms with Gasteiger partial charge in [-0.05, 0) is 19.9 Å². The van der Waals surface area contributed by atoms with E-state index < -0.39 is 0 Å². The van der Waals surface area contributed by atoms with Crippen LogP contribution in [0.2, 0.25) is 0 Å². The number of para-hydroxylation sites is 1. The number of rotatable bonds is 2. The van der Waals surface area contributed by atoms with Gasteiger partial charge in [-0.1, -0.05) is 18.2 Å². The molecule has 0 unspecified atom stereocenters. The lowest BCUT2D eigenvalue weighted by atomic mass is 10.1. The predicted molar refractivity (Wildman–Crippen MR) is 71.4 cm³/mol. The molecule has 0 radical (unpaired) electrons. The predicted octanol–water partition coefficient (Wildman–Crippen LogP) is 2.31. The quantitative estimate of drug-likeness (QED) is 0.749. The molecule has 0 saturated carbocycles. The molecule has 4 nitrogen and oxygen atoms in total. The summed E-state index contributed by atoms with van der Waals surface area (Å²) in [5.74, 6) is 0. The zero-order chi connectivity index (χ0) is 12.8. The van der Waals surface area contributed by atoms with E-state index >= 15 is 0 Å². The van der Waals surface area contributed by atoms with Gasteiger partial charge in [-0.3, -0.25) is 4.98 Å². The van der Waals surface area contributed by atoms with Crippen molar-refractivity contribution in [3.63, 3.8) is 0 Å². The van der Waals surface area contributed by atoms with Crippen LogP contribution in [0, 0.1) is 0 Å². The molecular weight excluding hydrogens is 226 g/mol. The fraction of sp³-hybridized carbons (Fsp3) is 0.286. The van der Waals surface area contributed by atoms with Crippen LogP contribution in [0.4, 0.5) is 0 Å². The zero-order valence-electron chi connectivity index (χ0n) is 10.5. The van der Waals surface area contributed by atoms with E-state index in [0.29, 0.717) is 0 Å². The molecule has 1 aromatic carbocycles. The third-order valence-electron chi connectivity index (χ3n) is 3.32. The lowest BCUT2D eigenvalue weighted by molar-refractivity contribution is 0.168. The maximum Gasteiger partial charge on any atom is 0.107 e. The van der Waals surface area contributed by atoms with Crippen LogP contribution in [0.15, 0.2) is 36.8 Å². The number of aliphatic hydroxyl groups is 1. The van der Waals surface area contributed by atoms with Gasteiger partial charge in [0.15, 0.2) is 0 Å². The lowest BCUT2D eigenvalue weighted by Crippen LogP contribution is -2.29. The fourth-order valence-electron chi connectivity index (χ4n) is 2.18. The summed E-state index contributed by atoms with van der Waals surface area (Å²) in [6.45, 7) is 4.04. The van der Waals surface area contributed by atoms with Crippen LogP contribution < -0.4 is 0 Å². The summed E-state index contributed by atoms with van der Waals surface area (Å²) in [5, 5.41) is 10.6. The number of hydrogen-bond donors (Lipinski definition) is 1.